The van der Waals surface area contributed by atoms with Crippen molar-refractivity contribution < 1.29 is 9.18 Å². The molecule has 0 atom stereocenters. The van der Waals surface area contributed by atoms with E-state index in [4.69, 9.17) is 0 Å². The summed E-state index contributed by atoms with van der Waals surface area (Å²) in [6, 6.07) is 26.8. The largest absolute Gasteiger partial charge is 0.356 e. The molecule has 0 heterocycles. The Labute approximate surface area is 153 Å². The summed E-state index contributed by atoms with van der Waals surface area (Å²) in [5, 5.41) is 2.96. The van der Waals surface area contributed by atoms with Crippen LogP contribution in [-0.4, -0.2) is 12.5 Å². The minimum Gasteiger partial charge on any atom is -0.356 e. The number of amides is 1. The molecular weight excluding hydrogens is 325 g/mol. The van der Waals surface area contributed by atoms with Gasteiger partial charge in [-0.15, -0.1) is 0 Å². The third-order valence-electron chi connectivity index (χ3n) is 4.41. The molecule has 0 aliphatic carbocycles. The van der Waals surface area contributed by atoms with Crippen LogP contribution in [0.3, 0.4) is 0 Å². The molecule has 3 heteroatoms. The molecule has 3 aromatic rings. The Morgan fingerprint density at radius 2 is 1.46 bits per heavy atom. The Balaban J connectivity index is 1.60. The summed E-state index contributed by atoms with van der Waals surface area (Å²) in [6.07, 6.45) is 1.00. The summed E-state index contributed by atoms with van der Waals surface area (Å²) >= 11 is 0. The molecule has 3 aromatic carbocycles. The van der Waals surface area contributed by atoms with Crippen molar-refractivity contribution in [2.24, 2.45) is 0 Å². The fourth-order valence-electron chi connectivity index (χ4n) is 3.15. The van der Waals surface area contributed by atoms with Crippen LogP contribution in [-0.2, 0) is 11.2 Å². The number of carbonyl (C=O) groups is 1. The van der Waals surface area contributed by atoms with E-state index < -0.39 is 0 Å². The SMILES string of the molecule is O=C(Cc1cccc(F)c1)NCCC(c1ccccc1)c1ccccc1. The van der Waals surface area contributed by atoms with E-state index in [0.717, 1.165) is 6.42 Å². The number of nitrogens with one attached hydrogen (secondary N) is 1. The van der Waals surface area contributed by atoms with E-state index in [1.807, 2.05) is 36.4 Å². The summed E-state index contributed by atoms with van der Waals surface area (Å²) in [6.45, 7) is 0.572. The van der Waals surface area contributed by atoms with Gasteiger partial charge >= 0.3 is 0 Å². The van der Waals surface area contributed by atoms with Crippen molar-refractivity contribution in [1.82, 2.24) is 5.32 Å². The van der Waals surface area contributed by atoms with Crippen molar-refractivity contribution in [1.29, 1.82) is 0 Å². The molecule has 0 aliphatic rings. The van der Waals surface area contributed by atoms with E-state index >= 15 is 0 Å². The summed E-state index contributed by atoms with van der Waals surface area (Å²) in [4.78, 5) is 12.1. The van der Waals surface area contributed by atoms with Crippen molar-refractivity contribution in [2.45, 2.75) is 18.8 Å². The summed E-state index contributed by atoms with van der Waals surface area (Å²) in [5.74, 6) is -0.175. The van der Waals surface area contributed by atoms with Crippen LogP contribution < -0.4 is 5.32 Å². The molecule has 0 bridgehead atoms. The van der Waals surface area contributed by atoms with Gasteiger partial charge in [0.05, 0.1) is 6.42 Å². The maximum atomic E-state index is 13.2. The van der Waals surface area contributed by atoms with Crippen molar-refractivity contribution in [2.75, 3.05) is 6.54 Å². The zero-order valence-electron chi connectivity index (χ0n) is 14.6. The number of hydrogen-bond acceptors (Lipinski definition) is 1. The van der Waals surface area contributed by atoms with Crippen LogP contribution in [0.25, 0.3) is 0 Å². The molecule has 0 saturated carbocycles. The highest BCUT2D eigenvalue weighted by molar-refractivity contribution is 5.78. The maximum Gasteiger partial charge on any atom is 0.224 e. The fourth-order valence-corrected chi connectivity index (χ4v) is 3.15. The number of benzene rings is 3. The quantitative estimate of drug-likeness (QED) is 0.659. The van der Waals surface area contributed by atoms with Gasteiger partial charge in [-0.2, -0.15) is 0 Å². The van der Waals surface area contributed by atoms with Gasteiger partial charge in [0, 0.05) is 12.5 Å². The van der Waals surface area contributed by atoms with Gasteiger partial charge in [-0.3, -0.25) is 4.79 Å². The first-order valence-electron chi connectivity index (χ1n) is 8.83. The van der Waals surface area contributed by atoms with Gasteiger partial charge in [0.2, 0.25) is 5.91 Å². The lowest BCUT2D eigenvalue weighted by atomic mass is 9.88. The van der Waals surface area contributed by atoms with Crippen molar-refractivity contribution in [3.05, 3.63) is 107 Å². The molecule has 0 spiro atoms. The molecule has 0 unspecified atom stereocenters. The van der Waals surface area contributed by atoms with Gasteiger partial charge in [-0.1, -0.05) is 72.8 Å². The fraction of sp³-hybridized carbons (Fsp3) is 0.174. The van der Waals surface area contributed by atoms with Crippen LogP contribution in [0.15, 0.2) is 84.9 Å². The molecule has 0 aromatic heterocycles. The average molecular weight is 347 g/mol. The number of halogens is 1. The topological polar surface area (TPSA) is 29.1 Å². The Hall–Kier alpha value is -2.94. The zero-order valence-corrected chi connectivity index (χ0v) is 14.6. The van der Waals surface area contributed by atoms with Gasteiger partial charge in [0.15, 0.2) is 0 Å². The second-order valence-corrected chi connectivity index (χ2v) is 6.32. The maximum absolute atomic E-state index is 13.2. The van der Waals surface area contributed by atoms with E-state index in [9.17, 15) is 9.18 Å². The van der Waals surface area contributed by atoms with E-state index in [1.54, 1.807) is 12.1 Å². The van der Waals surface area contributed by atoms with Gasteiger partial charge < -0.3 is 5.32 Å². The Morgan fingerprint density at radius 1 is 0.846 bits per heavy atom. The van der Waals surface area contributed by atoms with Crippen LogP contribution in [0.4, 0.5) is 4.39 Å². The lowest BCUT2D eigenvalue weighted by molar-refractivity contribution is -0.120. The van der Waals surface area contributed by atoms with E-state index in [-0.39, 0.29) is 24.1 Å². The molecule has 0 fully saturated rings. The van der Waals surface area contributed by atoms with Crippen molar-refractivity contribution >= 4 is 5.91 Å². The predicted octanol–water partition coefficient (Wildman–Crippen LogP) is 4.71. The summed E-state index contributed by atoms with van der Waals surface area (Å²) < 4.78 is 13.2. The van der Waals surface area contributed by atoms with E-state index in [1.165, 1.54) is 23.3 Å². The van der Waals surface area contributed by atoms with E-state index in [0.29, 0.717) is 12.1 Å². The Morgan fingerprint density at radius 3 is 2.04 bits per heavy atom. The number of rotatable bonds is 7. The van der Waals surface area contributed by atoms with Crippen LogP contribution in [0.2, 0.25) is 0 Å². The third kappa shape index (κ3) is 5.03. The van der Waals surface area contributed by atoms with E-state index in [2.05, 4.69) is 29.6 Å². The van der Waals surface area contributed by atoms with Gasteiger partial charge in [0.25, 0.3) is 0 Å². The Bertz CT molecular complexity index is 794. The number of carbonyl (C=O) groups excluding carboxylic acids is 1. The minimum absolute atomic E-state index is 0.0875. The van der Waals surface area contributed by atoms with Gasteiger partial charge in [-0.25, -0.2) is 4.39 Å². The molecule has 0 aliphatic heterocycles. The normalized spacial score (nSPS) is 10.7. The molecular formula is C23H22FNO. The Kier molecular flexibility index (Phi) is 6.15. The average Bonchev–Trinajstić information content (AvgIpc) is 2.67. The highest BCUT2D eigenvalue weighted by Crippen LogP contribution is 2.27. The standard InChI is InChI=1S/C23H22FNO/c24-21-13-7-8-18(16-21)17-23(26)25-15-14-22(19-9-3-1-4-10-19)20-11-5-2-6-12-20/h1-13,16,22H,14-15,17H2,(H,25,26). The van der Waals surface area contributed by atoms with Gasteiger partial charge in [0.1, 0.15) is 5.82 Å². The molecule has 2 nitrogen and oxygen atoms in total. The first-order chi connectivity index (χ1) is 12.7. The minimum atomic E-state index is -0.316. The second-order valence-electron chi connectivity index (χ2n) is 6.32. The molecule has 3 rings (SSSR count). The lowest BCUT2D eigenvalue weighted by Gasteiger charge is -2.18. The highest BCUT2D eigenvalue weighted by Gasteiger charge is 2.14. The molecule has 26 heavy (non-hydrogen) atoms. The smallest absolute Gasteiger partial charge is 0.224 e. The van der Waals surface area contributed by atoms with Crippen LogP contribution in [0, 0.1) is 5.82 Å². The molecule has 0 saturated heterocycles. The first kappa shape index (κ1) is 17.9. The lowest BCUT2D eigenvalue weighted by Crippen LogP contribution is -2.27. The summed E-state index contributed by atoms with van der Waals surface area (Å²) in [5.41, 5.74) is 3.15. The monoisotopic (exact) mass is 347 g/mol. The number of hydrogen-bond donors (Lipinski definition) is 1. The highest BCUT2D eigenvalue weighted by atomic mass is 19.1. The van der Waals surface area contributed by atoms with Crippen LogP contribution >= 0.6 is 0 Å². The van der Waals surface area contributed by atoms with Crippen LogP contribution in [0.5, 0.6) is 0 Å². The predicted molar refractivity (Wildman–Crippen MR) is 102 cm³/mol. The molecule has 0 radical (unpaired) electrons. The van der Waals surface area contributed by atoms with Gasteiger partial charge in [-0.05, 0) is 35.2 Å². The molecule has 1 N–H and O–H groups in total. The van der Waals surface area contributed by atoms with Crippen molar-refractivity contribution in [3.8, 4) is 0 Å². The van der Waals surface area contributed by atoms with Crippen molar-refractivity contribution in [3.63, 3.8) is 0 Å². The first-order valence-corrected chi connectivity index (χ1v) is 8.83. The summed E-state index contributed by atoms with van der Waals surface area (Å²) in [7, 11) is 0. The zero-order chi connectivity index (χ0) is 18.2. The van der Waals surface area contributed by atoms with Crippen LogP contribution in [0.1, 0.15) is 29.0 Å². The second kappa shape index (κ2) is 8.95. The molecule has 132 valence electrons. The third-order valence-corrected chi connectivity index (χ3v) is 4.41. The molecule has 1 amide bonds.